The Kier molecular flexibility index (Phi) is 3.70. The van der Waals surface area contributed by atoms with Crippen LogP contribution in [0.25, 0.3) is 11.1 Å². The molecule has 2 aromatic rings. The summed E-state index contributed by atoms with van der Waals surface area (Å²) in [6.07, 6.45) is 1.35. The minimum atomic E-state index is -0.874. The Hall–Kier alpha value is -3.16. The number of nitro benzene ring substituents is 1. The zero-order valence-corrected chi connectivity index (χ0v) is 11.0. The molecule has 2 rings (SSSR count). The molecule has 108 valence electrons. The number of aromatic amines is 1. The van der Waals surface area contributed by atoms with Crippen molar-refractivity contribution in [3.8, 4) is 16.9 Å². The van der Waals surface area contributed by atoms with Crippen molar-refractivity contribution in [2.24, 2.45) is 5.73 Å². The van der Waals surface area contributed by atoms with Crippen LogP contribution >= 0.6 is 0 Å². The second kappa shape index (κ2) is 5.45. The topological polar surface area (TPSA) is 128 Å². The Bertz CT molecular complexity index is 782. The number of methoxy groups -OCH3 is 1. The number of nitrogens with zero attached hydrogens (tertiary/aromatic N) is 1. The molecule has 0 saturated heterocycles. The molecule has 8 nitrogen and oxygen atoms in total. The van der Waals surface area contributed by atoms with Crippen LogP contribution in [-0.4, -0.2) is 22.9 Å². The zero-order chi connectivity index (χ0) is 15.6. The number of hydrogen-bond donors (Lipinski definition) is 2. The molecule has 21 heavy (non-hydrogen) atoms. The summed E-state index contributed by atoms with van der Waals surface area (Å²) in [6.45, 7) is 0. The Morgan fingerprint density at radius 2 is 2.05 bits per heavy atom. The molecule has 0 radical (unpaired) electrons. The number of ether oxygens (including phenoxy) is 1. The number of aromatic nitrogens is 1. The zero-order valence-electron chi connectivity index (χ0n) is 11.0. The molecule has 1 aromatic carbocycles. The Balaban J connectivity index is 2.60. The largest absolute Gasteiger partial charge is 0.490 e. The molecule has 0 aliphatic heterocycles. The summed E-state index contributed by atoms with van der Waals surface area (Å²) in [6, 6.07) is 5.58. The Morgan fingerprint density at radius 3 is 2.62 bits per heavy atom. The summed E-state index contributed by atoms with van der Waals surface area (Å²) >= 11 is 0. The van der Waals surface area contributed by atoms with Crippen LogP contribution in [0, 0.1) is 10.1 Å². The van der Waals surface area contributed by atoms with E-state index in [2.05, 4.69) is 4.98 Å². The third-order valence-corrected chi connectivity index (χ3v) is 2.88. The molecule has 1 heterocycles. The van der Waals surface area contributed by atoms with Gasteiger partial charge in [-0.15, -0.1) is 0 Å². The highest BCUT2D eigenvalue weighted by atomic mass is 16.6. The van der Waals surface area contributed by atoms with Crippen molar-refractivity contribution in [2.45, 2.75) is 0 Å². The van der Waals surface area contributed by atoms with E-state index < -0.39 is 16.4 Å². The third-order valence-electron chi connectivity index (χ3n) is 2.88. The van der Waals surface area contributed by atoms with E-state index in [9.17, 15) is 19.7 Å². The second-order valence-electron chi connectivity index (χ2n) is 4.14. The first-order valence-electron chi connectivity index (χ1n) is 5.79. The van der Waals surface area contributed by atoms with E-state index in [1.165, 1.54) is 31.5 Å². The van der Waals surface area contributed by atoms with E-state index in [0.717, 1.165) is 0 Å². The van der Waals surface area contributed by atoms with Gasteiger partial charge in [0.1, 0.15) is 5.56 Å². The molecule has 3 N–H and O–H groups in total. The first-order valence-corrected chi connectivity index (χ1v) is 5.79. The lowest BCUT2D eigenvalue weighted by atomic mass is 10.0. The molecule has 0 aliphatic rings. The van der Waals surface area contributed by atoms with Crippen molar-refractivity contribution in [3.63, 3.8) is 0 Å². The van der Waals surface area contributed by atoms with Crippen molar-refractivity contribution in [1.29, 1.82) is 0 Å². The van der Waals surface area contributed by atoms with E-state index in [1.807, 2.05) is 0 Å². The molecule has 0 atom stereocenters. The molecule has 0 unspecified atom stereocenters. The Morgan fingerprint density at radius 1 is 1.33 bits per heavy atom. The molecular weight excluding hydrogens is 278 g/mol. The van der Waals surface area contributed by atoms with Gasteiger partial charge >= 0.3 is 5.69 Å². The summed E-state index contributed by atoms with van der Waals surface area (Å²) in [5.41, 5.74) is 4.92. The molecule has 0 bridgehead atoms. The van der Waals surface area contributed by atoms with Crippen LogP contribution in [0.3, 0.4) is 0 Å². The van der Waals surface area contributed by atoms with E-state index >= 15 is 0 Å². The van der Waals surface area contributed by atoms with E-state index in [0.29, 0.717) is 11.1 Å². The number of rotatable bonds is 4. The standard InChI is InChI=1S/C13H11N3O5/c1-21-11-3-2-7(5-10(11)16(19)20)8-4-9(12(14)17)13(18)15-6-8/h2-6H,1H3,(H2,14,17)(H,15,18). The fourth-order valence-electron chi connectivity index (χ4n) is 1.85. The average Bonchev–Trinajstić information content (AvgIpc) is 2.46. The molecular formula is C13H11N3O5. The van der Waals surface area contributed by atoms with Crippen LogP contribution in [0.2, 0.25) is 0 Å². The van der Waals surface area contributed by atoms with Gasteiger partial charge in [-0.1, -0.05) is 6.07 Å². The number of pyridine rings is 1. The summed E-state index contributed by atoms with van der Waals surface area (Å²) in [7, 11) is 1.33. The van der Waals surface area contributed by atoms with Gasteiger partial charge in [-0.2, -0.15) is 0 Å². The first kappa shape index (κ1) is 14.3. The lowest BCUT2D eigenvalue weighted by Gasteiger charge is -2.06. The predicted octanol–water partition coefficient (Wildman–Crippen LogP) is 1.06. The van der Waals surface area contributed by atoms with Gasteiger partial charge in [-0.25, -0.2) is 0 Å². The molecule has 1 amide bonds. The number of amides is 1. The summed E-state index contributed by atoms with van der Waals surface area (Å²) in [5, 5.41) is 11.0. The summed E-state index contributed by atoms with van der Waals surface area (Å²) in [4.78, 5) is 35.4. The van der Waals surface area contributed by atoms with Gasteiger partial charge < -0.3 is 15.5 Å². The van der Waals surface area contributed by atoms with Crippen LogP contribution in [0.15, 0.2) is 35.3 Å². The number of benzene rings is 1. The summed E-state index contributed by atoms with van der Waals surface area (Å²) < 4.78 is 4.90. The maximum Gasteiger partial charge on any atom is 0.311 e. The molecule has 0 saturated carbocycles. The molecule has 0 fully saturated rings. The highest BCUT2D eigenvalue weighted by molar-refractivity contribution is 5.93. The maximum atomic E-state index is 11.4. The Labute approximate surface area is 118 Å². The quantitative estimate of drug-likeness (QED) is 0.642. The molecule has 0 spiro atoms. The molecule has 0 aliphatic carbocycles. The van der Waals surface area contributed by atoms with Gasteiger partial charge in [-0.3, -0.25) is 19.7 Å². The number of carbonyl (C=O) groups excluding carboxylic acids is 1. The highest BCUT2D eigenvalue weighted by Crippen LogP contribution is 2.31. The van der Waals surface area contributed by atoms with E-state index in [1.54, 1.807) is 6.07 Å². The molecule has 8 heteroatoms. The lowest BCUT2D eigenvalue weighted by molar-refractivity contribution is -0.385. The first-order chi connectivity index (χ1) is 9.93. The number of carbonyl (C=O) groups is 1. The predicted molar refractivity (Wildman–Crippen MR) is 74.2 cm³/mol. The van der Waals surface area contributed by atoms with Crippen LogP contribution in [0.4, 0.5) is 5.69 Å². The fourth-order valence-corrected chi connectivity index (χ4v) is 1.85. The van der Waals surface area contributed by atoms with Crippen molar-refractivity contribution in [2.75, 3.05) is 7.11 Å². The van der Waals surface area contributed by atoms with Gasteiger partial charge in [0.05, 0.1) is 12.0 Å². The second-order valence-corrected chi connectivity index (χ2v) is 4.14. The minimum Gasteiger partial charge on any atom is -0.490 e. The van der Waals surface area contributed by atoms with E-state index in [-0.39, 0.29) is 17.0 Å². The van der Waals surface area contributed by atoms with Crippen LogP contribution in [-0.2, 0) is 0 Å². The average molecular weight is 289 g/mol. The maximum absolute atomic E-state index is 11.4. The highest BCUT2D eigenvalue weighted by Gasteiger charge is 2.17. The van der Waals surface area contributed by atoms with Crippen LogP contribution < -0.4 is 16.0 Å². The van der Waals surface area contributed by atoms with Crippen LogP contribution in [0.1, 0.15) is 10.4 Å². The third kappa shape index (κ3) is 2.73. The van der Waals surface area contributed by atoms with Gasteiger partial charge in [-0.05, 0) is 23.3 Å². The van der Waals surface area contributed by atoms with Crippen molar-refractivity contribution < 1.29 is 14.5 Å². The van der Waals surface area contributed by atoms with Crippen molar-refractivity contribution in [1.82, 2.24) is 4.98 Å². The SMILES string of the molecule is COc1ccc(-c2c[nH]c(=O)c(C(N)=O)c2)cc1[N+](=O)[O-]. The van der Waals surface area contributed by atoms with E-state index in [4.69, 9.17) is 10.5 Å². The number of nitro groups is 1. The van der Waals surface area contributed by atoms with Crippen molar-refractivity contribution >= 4 is 11.6 Å². The number of H-pyrrole nitrogens is 1. The van der Waals surface area contributed by atoms with Crippen LogP contribution in [0.5, 0.6) is 5.75 Å². The van der Waals surface area contributed by atoms with Gasteiger partial charge in [0.2, 0.25) is 0 Å². The van der Waals surface area contributed by atoms with Gasteiger partial charge in [0.25, 0.3) is 11.5 Å². The molecule has 1 aromatic heterocycles. The lowest BCUT2D eigenvalue weighted by Crippen LogP contribution is -2.23. The monoisotopic (exact) mass is 289 g/mol. The number of nitrogens with two attached hydrogens (primary N) is 1. The normalized spacial score (nSPS) is 10.1. The van der Waals surface area contributed by atoms with Gasteiger partial charge in [0, 0.05) is 12.3 Å². The fraction of sp³-hybridized carbons (Fsp3) is 0.0769. The summed E-state index contributed by atoms with van der Waals surface area (Å²) in [5.74, 6) is -0.760. The number of primary amides is 1. The van der Waals surface area contributed by atoms with Gasteiger partial charge in [0.15, 0.2) is 5.75 Å². The van der Waals surface area contributed by atoms with Crippen molar-refractivity contribution in [3.05, 3.63) is 56.5 Å². The number of nitrogens with one attached hydrogen (secondary N) is 1. The minimum absolute atomic E-state index is 0.114. The number of hydrogen-bond acceptors (Lipinski definition) is 5. The smallest absolute Gasteiger partial charge is 0.311 e.